The lowest BCUT2D eigenvalue weighted by atomic mass is 10.1. The van der Waals surface area contributed by atoms with Gasteiger partial charge in [-0.05, 0) is 24.8 Å². The van der Waals surface area contributed by atoms with E-state index in [2.05, 4.69) is 58.6 Å². The van der Waals surface area contributed by atoms with Crippen molar-refractivity contribution in [2.75, 3.05) is 13.1 Å². The van der Waals surface area contributed by atoms with Crippen molar-refractivity contribution in [2.45, 2.75) is 6.92 Å². The Kier molecular flexibility index (Phi) is 2.93. The fourth-order valence-corrected chi connectivity index (χ4v) is 4.82. The number of fused-ring (bicyclic) bond motifs is 2. The molecule has 100 valence electrons. The number of nitrogens with zero attached hydrogens (tertiary/aromatic N) is 2. The minimum atomic E-state index is 0.914. The minimum Gasteiger partial charge on any atom is -0.317 e. The second-order valence-corrected chi connectivity index (χ2v) is 6.70. The summed E-state index contributed by atoms with van der Waals surface area (Å²) >= 11 is 3.62. The van der Waals surface area contributed by atoms with Crippen molar-refractivity contribution in [3.05, 3.63) is 52.3 Å². The monoisotopic (exact) mass is 298 g/mol. The van der Waals surface area contributed by atoms with Gasteiger partial charge in [0.25, 0.3) is 0 Å². The standard InChI is InChI=1S/C16H14N2S2/c1-2-5-14-15(18-9-8-17-16(18)20-14)12-10-19-13-7-4-3-6-11(12)13/h2-7,10H,8-9H2,1H3. The Bertz CT molecular complexity index is 768. The molecule has 0 fully saturated rings. The van der Waals surface area contributed by atoms with E-state index in [0.717, 1.165) is 18.3 Å². The van der Waals surface area contributed by atoms with E-state index in [0.29, 0.717) is 0 Å². The number of amidine groups is 1. The number of allylic oxidation sites excluding steroid dienone is 2. The van der Waals surface area contributed by atoms with Gasteiger partial charge in [0.1, 0.15) is 0 Å². The third kappa shape index (κ3) is 1.75. The normalized spacial score (nSPS) is 18.4. The van der Waals surface area contributed by atoms with Gasteiger partial charge in [0, 0.05) is 32.5 Å². The highest BCUT2D eigenvalue weighted by molar-refractivity contribution is 8.17. The van der Waals surface area contributed by atoms with Crippen molar-refractivity contribution in [3.63, 3.8) is 0 Å². The molecule has 1 aromatic heterocycles. The van der Waals surface area contributed by atoms with Crippen LogP contribution in [0.3, 0.4) is 0 Å². The molecule has 0 saturated heterocycles. The first-order chi connectivity index (χ1) is 9.88. The third-order valence-corrected chi connectivity index (χ3v) is 5.61. The summed E-state index contributed by atoms with van der Waals surface area (Å²) < 4.78 is 1.35. The van der Waals surface area contributed by atoms with E-state index in [1.54, 1.807) is 11.8 Å². The van der Waals surface area contributed by atoms with Crippen molar-refractivity contribution in [2.24, 2.45) is 4.99 Å². The van der Waals surface area contributed by atoms with Crippen LogP contribution in [-0.2, 0) is 0 Å². The number of hydrogen-bond acceptors (Lipinski definition) is 4. The molecule has 2 aromatic rings. The number of benzene rings is 1. The van der Waals surface area contributed by atoms with Crippen molar-refractivity contribution in [1.29, 1.82) is 0 Å². The van der Waals surface area contributed by atoms with Gasteiger partial charge in [-0.15, -0.1) is 11.3 Å². The Morgan fingerprint density at radius 3 is 3.10 bits per heavy atom. The smallest absolute Gasteiger partial charge is 0.168 e. The van der Waals surface area contributed by atoms with E-state index in [9.17, 15) is 0 Å². The van der Waals surface area contributed by atoms with Crippen LogP contribution in [0, 0.1) is 0 Å². The van der Waals surface area contributed by atoms with Gasteiger partial charge in [0.05, 0.1) is 12.2 Å². The van der Waals surface area contributed by atoms with Crippen molar-refractivity contribution >= 4 is 44.0 Å². The number of hydrogen-bond donors (Lipinski definition) is 0. The third-order valence-electron chi connectivity index (χ3n) is 3.56. The zero-order valence-electron chi connectivity index (χ0n) is 11.2. The molecule has 0 amide bonds. The summed E-state index contributed by atoms with van der Waals surface area (Å²) in [6.45, 7) is 3.99. The lowest BCUT2D eigenvalue weighted by Crippen LogP contribution is -2.19. The molecular weight excluding hydrogens is 284 g/mol. The molecule has 4 heteroatoms. The largest absolute Gasteiger partial charge is 0.317 e. The minimum absolute atomic E-state index is 0.914. The summed E-state index contributed by atoms with van der Waals surface area (Å²) in [5, 5.41) is 4.79. The van der Waals surface area contributed by atoms with Gasteiger partial charge in [-0.25, -0.2) is 0 Å². The molecule has 2 aliphatic rings. The molecule has 0 atom stereocenters. The predicted octanol–water partition coefficient (Wildman–Crippen LogP) is 4.56. The Balaban J connectivity index is 1.94. The lowest BCUT2D eigenvalue weighted by molar-refractivity contribution is 0.649. The van der Waals surface area contributed by atoms with Crippen molar-refractivity contribution in [1.82, 2.24) is 4.90 Å². The van der Waals surface area contributed by atoms with E-state index in [4.69, 9.17) is 0 Å². The highest BCUT2D eigenvalue weighted by atomic mass is 32.2. The molecule has 0 spiro atoms. The van der Waals surface area contributed by atoms with E-state index >= 15 is 0 Å². The van der Waals surface area contributed by atoms with Crippen LogP contribution in [0.5, 0.6) is 0 Å². The summed E-state index contributed by atoms with van der Waals surface area (Å²) in [4.78, 5) is 8.29. The van der Waals surface area contributed by atoms with Crippen LogP contribution in [-0.4, -0.2) is 23.2 Å². The highest BCUT2D eigenvalue weighted by Crippen LogP contribution is 2.45. The first kappa shape index (κ1) is 12.2. The van der Waals surface area contributed by atoms with E-state index < -0.39 is 0 Å². The van der Waals surface area contributed by atoms with Crippen molar-refractivity contribution in [3.8, 4) is 0 Å². The van der Waals surface area contributed by atoms with Crippen LogP contribution >= 0.6 is 23.1 Å². The number of aliphatic imine (C=N–C) groups is 1. The fourth-order valence-electron chi connectivity index (χ4n) is 2.70. The molecule has 2 nitrogen and oxygen atoms in total. The van der Waals surface area contributed by atoms with Gasteiger partial charge in [-0.1, -0.05) is 30.4 Å². The quantitative estimate of drug-likeness (QED) is 0.807. The molecule has 0 radical (unpaired) electrons. The second-order valence-electron chi connectivity index (χ2n) is 4.78. The zero-order valence-corrected chi connectivity index (χ0v) is 12.8. The lowest BCUT2D eigenvalue weighted by Gasteiger charge is -2.16. The van der Waals surface area contributed by atoms with Crippen LogP contribution in [0.1, 0.15) is 12.5 Å². The number of thioether (sulfide) groups is 1. The predicted molar refractivity (Wildman–Crippen MR) is 90.2 cm³/mol. The summed E-state index contributed by atoms with van der Waals surface area (Å²) in [6, 6.07) is 8.64. The van der Waals surface area contributed by atoms with Gasteiger partial charge in [0.2, 0.25) is 0 Å². The van der Waals surface area contributed by atoms with Gasteiger partial charge in [-0.2, -0.15) is 0 Å². The van der Waals surface area contributed by atoms with Gasteiger partial charge in [0.15, 0.2) is 5.17 Å². The zero-order chi connectivity index (χ0) is 13.5. The average molecular weight is 298 g/mol. The Morgan fingerprint density at radius 1 is 1.30 bits per heavy atom. The maximum Gasteiger partial charge on any atom is 0.168 e. The molecule has 3 heterocycles. The van der Waals surface area contributed by atoms with Crippen LogP contribution in [0.15, 0.2) is 51.7 Å². The Labute approximate surface area is 126 Å². The van der Waals surface area contributed by atoms with Crippen LogP contribution in [0.2, 0.25) is 0 Å². The topological polar surface area (TPSA) is 15.6 Å². The maximum absolute atomic E-state index is 4.60. The van der Waals surface area contributed by atoms with Gasteiger partial charge < -0.3 is 4.90 Å². The van der Waals surface area contributed by atoms with Crippen LogP contribution < -0.4 is 0 Å². The molecule has 0 N–H and O–H groups in total. The molecule has 1 aromatic carbocycles. The highest BCUT2D eigenvalue weighted by Gasteiger charge is 2.32. The molecular formula is C16H14N2S2. The van der Waals surface area contributed by atoms with E-state index in [1.807, 2.05) is 11.3 Å². The van der Waals surface area contributed by atoms with Gasteiger partial charge in [-0.3, -0.25) is 4.99 Å². The van der Waals surface area contributed by atoms with E-state index in [-0.39, 0.29) is 0 Å². The second kappa shape index (κ2) is 4.79. The molecule has 0 bridgehead atoms. The number of thiophene rings is 1. The first-order valence-corrected chi connectivity index (χ1v) is 8.41. The molecule has 0 saturated carbocycles. The Hall–Kier alpha value is -1.52. The Morgan fingerprint density at radius 2 is 2.20 bits per heavy atom. The molecule has 0 aliphatic carbocycles. The molecule has 2 aliphatic heterocycles. The summed E-state index contributed by atoms with van der Waals surface area (Å²) in [7, 11) is 0. The first-order valence-electron chi connectivity index (χ1n) is 6.72. The summed E-state index contributed by atoms with van der Waals surface area (Å²) in [5.41, 5.74) is 2.68. The SMILES string of the molecule is CC=CC1=C(c2csc3ccccc23)N2CCN=C2S1. The van der Waals surface area contributed by atoms with Crippen molar-refractivity contribution < 1.29 is 0 Å². The maximum atomic E-state index is 4.60. The molecule has 4 rings (SSSR count). The average Bonchev–Trinajstić information content (AvgIpc) is 3.13. The summed E-state index contributed by atoms with van der Waals surface area (Å²) in [5.74, 6) is 0. The van der Waals surface area contributed by atoms with Crippen LogP contribution in [0.25, 0.3) is 15.8 Å². The van der Waals surface area contributed by atoms with Gasteiger partial charge >= 0.3 is 0 Å². The summed E-state index contributed by atoms with van der Waals surface area (Å²) in [6.07, 6.45) is 4.31. The number of rotatable bonds is 2. The molecule has 20 heavy (non-hydrogen) atoms. The van der Waals surface area contributed by atoms with Crippen LogP contribution in [0.4, 0.5) is 0 Å². The van der Waals surface area contributed by atoms with E-state index in [1.165, 1.54) is 26.3 Å². The molecule has 0 unspecified atom stereocenters. The fraction of sp³-hybridized carbons (Fsp3) is 0.188.